The van der Waals surface area contributed by atoms with Gasteiger partial charge in [-0.05, 0) is 18.6 Å². The molecule has 98 valence electrons. The van der Waals surface area contributed by atoms with Crippen molar-refractivity contribution in [2.75, 3.05) is 5.88 Å². The molecule has 3 heterocycles. The highest BCUT2D eigenvalue weighted by atomic mass is 35.5. The minimum absolute atomic E-state index is 0.556. The Hall–Kier alpha value is -1.46. The fourth-order valence-electron chi connectivity index (χ4n) is 2.07. The van der Waals surface area contributed by atoms with Crippen LogP contribution in [0.25, 0.3) is 11.2 Å². The molecule has 0 bridgehead atoms. The maximum absolute atomic E-state index is 5.86. The van der Waals surface area contributed by atoms with Gasteiger partial charge in [0.1, 0.15) is 16.3 Å². The number of hydrogen-bond donors (Lipinski definition) is 0. The van der Waals surface area contributed by atoms with Gasteiger partial charge in [0.05, 0.1) is 6.54 Å². The van der Waals surface area contributed by atoms with Gasteiger partial charge in [-0.1, -0.05) is 0 Å². The molecule has 3 aromatic heterocycles. The van der Waals surface area contributed by atoms with Crippen molar-refractivity contribution < 1.29 is 0 Å². The van der Waals surface area contributed by atoms with E-state index in [1.165, 1.54) is 0 Å². The number of pyridine rings is 1. The normalized spacial score (nSPS) is 11.3. The Morgan fingerprint density at radius 3 is 3.00 bits per heavy atom. The molecule has 0 unspecified atom stereocenters. The summed E-state index contributed by atoms with van der Waals surface area (Å²) in [5, 5.41) is 3.03. The van der Waals surface area contributed by atoms with Gasteiger partial charge in [0.25, 0.3) is 0 Å². The number of rotatable bonds is 4. The van der Waals surface area contributed by atoms with Crippen LogP contribution in [-0.4, -0.2) is 25.4 Å². The Labute approximate surface area is 120 Å². The van der Waals surface area contributed by atoms with E-state index in [4.69, 9.17) is 11.6 Å². The molecule has 0 aliphatic carbocycles. The van der Waals surface area contributed by atoms with Crippen molar-refractivity contribution in [3.8, 4) is 0 Å². The van der Waals surface area contributed by atoms with E-state index in [0.717, 1.165) is 34.0 Å². The lowest BCUT2D eigenvalue weighted by Gasteiger charge is -2.05. The van der Waals surface area contributed by atoms with Gasteiger partial charge in [0, 0.05) is 30.1 Å². The van der Waals surface area contributed by atoms with Crippen LogP contribution < -0.4 is 0 Å². The molecule has 0 saturated heterocycles. The van der Waals surface area contributed by atoms with Crippen LogP contribution in [0.1, 0.15) is 16.4 Å². The predicted octanol–water partition coefficient (Wildman–Crippen LogP) is 3.03. The zero-order valence-corrected chi connectivity index (χ0v) is 12.1. The van der Waals surface area contributed by atoms with Gasteiger partial charge in [0.15, 0.2) is 5.65 Å². The van der Waals surface area contributed by atoms with E-state index < -0.39 is 0 Å². The molecule has 0 fully saturated rings. The summed E-state index contributed by atoms with van der Waals surface area (Å²) in [7, 11) is 0. The molecule has 3 rings (SSSR count). The third-order valence-corrected chi connectivity index (χ3v) is 3.85. The summed E-state index contributed by atoms with van der Waals surface area (Å²) in [6.07, 6.45) is 4.42. The number of hydrogen-bond acceptors (Lipinski definition) is 4. The number of nitrogens with zero attached hydrogens (tertiary/aromatic N) is 4. The van der Waals surface area contributed by atoms with Crippen LogP contribution >= 0.6 is 22.9 Å². The molecule has 19 heavy (non-hydrogen) atoms. The summed E-state index contributed by atoms with van der Waals surface area (Å²) >= 11 is 7.50. The van der Waals surface area contributed by atoms with Crippen molar-refractivity contribution in [3.05, 3.63) is 40.2 Å². The molecule has 0 aromatic carbocycles. The number of fused-ring (bicyclic) bond motifs is 1. The molecule has 0 aliphatic heterocycles. The molecule has 0 spiro atoms. The Bertz CT molecular complexity index is 690. The number of alkyl halides is 1. The molecule has 0 N–H and O–H groups in total. The van der Waals surface area contributed by atoms with E-state index in [-0.39, 0.29) is 0 Å². The van der Waals surface area contributed by atoms with E-state index in [9.17, 15) is 0 Å². The van der Waals surface area contributed by atoms with Crippen molar-refractivity contribution in [3.63, 3.8) is 0 Å². The molecule has 0 saturated carbocycles. The highest BCUT2D eigenvalue weighted by Crippen LogP contribution is 2.18. The summed E-state index contributed by atoms with van der Waals surface area (Å²) in [6, 6.07) is 2.05. The molecule has 0 radical (unpaired) electrons. The van der Waals surface area contributed by atoms with Gasteiger partial charge in [-0.2, -0.15) is 0 Å². The van der Waals surface area contributed by atoms with Gasteiger partial charge in [-0.15, -0.1) is 22.9 Å². The third-order valence-electron chi connectivity index (χ3n) is 2.90. The van der Waals surface area contributed by atoms with E-state index in [1.807, 2.05) is 24.7 Å². The Morgan fingerprint density at radius 1 is 1.37 bits per heavy atom. The molecule has 0 atom stereocenters. The van der Waals surface area contributed by atoms with Crippen molar-refractivity contribution >= 4 is 34.1 Å². The van der Waals surface area contributed by atoms with Gasteiger partial charge < -0.3 is 4.57 Å². The maximum Gasteiger partial charge on any atom is 0.160 e. The standard InChI is InChI=1S/C13H13ClN4S/c1-9-6-10-13(16-7-9)18(11(17-10)2-3-14)8-12-15-4-5-19-12/h4-7H,2-3,8H2,1H3. The molecule has 0 aliphatic rings. The SMILES string of the molecule is Cc1cnc2c(c1)nc(CCCl)n2Cc1nccs1. The lowest BCUT2D eigenvalue weighted by atomic mass is 10.3. The lowest BCUT2D eigenvalue weighted by Crippen LogP contribution is -2.06. The summed E-state index contributed by atoms with van der Waals surface area (Å²) in [5.74, 6) is 1.53. The molecule has 0 amide bonds. The van der Waals surface area contributed by atoms with Gasteiger partial charge >= 0.3 is 0 Å². The zero-order chi connectivity index (χ0) is 13.2. The van der Waals surface area contributed by atoms with Crippen molar-refractivity contribution in [2.45, 2.75) is 19.9 Å². The highest BCUT2D eigenvalue weighted by molar-refractivity contribution is 7.09. The average molecular weight is 293 g/mol. The highest BCUT2D eigenvalue weighted by Gasteiger charge is 2.12. The molecule has 6 heteroatoms. The van der Waals surface area contributed by atoms with E-state index in [1.54, 1.807) is 11.3 Å². The van der Waals surface area contributed by atoms with Crippen LogP contribution in [0.4, 0.5) is 0 Å². The lowest BCUT2D eigenvalue weighted by molar-refractivity contribution is 0.743. The summed E-state index contributed by atoms with van der Waals surface area (Å²) < 4.78 is 2.11. The van der Waals surface area contributed by atoms with Crippen molar-refractivity contribution in [2.24, 2.45) is 0 Å². The first-order valence-electron chi connectivity index (χ1n) is 6.04. The van der Waals surface area contributed by atoms with Crippen LogP contribution in [0, 0.1) is 6.92 Å². The predicted molar refractivity (Wildman–Crippen MR) is 77.9 cm³/mol. The topological polar surface area (TPSA) is 43.6 Å². The first kappa shape index (κ1) is 12.6. The summed E-state index contributed by atoms with van der Waals surface area (Å²) in [6.45, 7) is 2.73. The Kier molecular flexibility index (Phi) is 3.48. The fourth-order valence-corrected chi connectivity index (χ4v) is 2.84. The van der Waals surface area contributed by atoms with Crippen LogP contribution in [0.15, 0.2) is 23.8 Å². The first-order valence-corrected chi connectivity index (χ1v) is 7.45. The number of aromatic nitrogens is 4. The van der Waals surface area contributed by atoms with Crippen LogP contribution in [0.3, 0.4) is 0 Å². The largest absolute Gasteiger partial charge is 0.306 e. The second-order valence-electron chi connectivity index (χ2n) is 4.33. The van der Waals surface area contributed by atoms with Crippen LogP contribution in [0.5, 0.6) is 0 Å². The van der Waals surface area contributed by atoms with Gasteiger partial charge in [-0.25, -0.2) is 15.0 Å². The monoisotopic (exact) mass is 292 g/mol. The number of aryl methyl sites for hydroxylation is 2. The van der Waals surface area contributed by atoms with E-state index in [2.05, 4.69) is 25.6 Å². The molecule has 3 aromatic rings. The average Bonchev–Trinajstić information content (AvgIpc) is 2.99. The molecule has 4 nitrogen and oxygen atoms in total. The first-order chi connectivity index (χ1) is 9.28. The van der Waals surface area contributed by atoms with Crippen LogP contribution in [0.2, 0.25) is 0 Å². The quantitative estimate of drug-likeness (QED) is 0.694. The molecular formula is C13H13ClN4S. The van der Waals surface area contributed by atoms with Crippen molar-refractivity contribution in [1.29, 1.82) is 0 Å². The maximum atomic E-state index is 5.86. The number of thiazole rings is 1. The summed E-state index contributed by atoms with van der Waals surface area (Å²) in [5.41, 5.74) is 2.95. The van der Waals surface area contributed by atoms with E-state index >= 15 is 0 Å². The van der Waals surface area contributed by atoms with Gasteiger partial charge in [0.2, 0.25) is 0 Å². The zero-order valence-electron chi connectivity index (χ0n) is 10.5. The second kappa shape index (κ2) is 5.27. The third kappa shape index (κ3) is 2.48. The minimum atomic E-state index is 0.556. The van der Waals surface area contributed by atoms with Crippen LogP contribution in [-0.2, 0) is 13.0 Å². The smallest absolute Gasteiger partial charge is 0.160 e. The fraction of sp³-hybridized carbons (Fsp3) is 0.308. The summed E-state index contributed by atoms with van der Waals surface area (Å²) in [4.78, 5) is 13.5. The number of halogens is 1. The second-order valence-corrected chi connectivity index (χ2v) is 5.69. The van der Waals surface area contributed by atoms with Crippen molar-refractivity contribution in [1.82, 2.24) is 19.5 Å². The number of imidazole rings is 1. The minimum Gasteiger partial charge on any atom is -0.306 e. The molecular weight excluding hydrogens is 280 g/mol. The Balaban J connectivity index is 2.10. The Morgan fingerprint density at radius 2 is 2.26 bits per heavy atom. The van der Waals surface area contributed by atoms with E-state index in [0.29, 0.717) is 12.4 Å². The van der Waals surface area contributed by atoms with Gasteiger partial charge in [-0.3, -0.25) is 0 Å².